The van der Waals surface area contributed by atoms with Crippen molar-refractivity contribution in [1.29, 1.82) is 0 Å². The van der Waals surface area contributed by atoms with Gasteiger partial charge >= 0.3 is 12.1 Å². The number of hydrogen-bond acceptors (Lipinski definition) is 2. The van der Waals surface area contributed by atoms with Gasteiger partial charge in [-0.2, -0.15) is 0 Å². The Kier molecular flexibility index (Phi) is 4.45. The average molecular weight is 276 g/mol. The molecule has 0 aliphatic carbocycles. The minimum Gasteiger partial charge on any atom is -0.341 e. The summed E-state index contributed by atoms with van der Waals surface area (Å²) in [4.78, 5) is 27.0. The number of benzene rings is 1. The highest BCUT2D eigenvalue weighted by Gasteiger charge is 2.23. The molecule has 1 aliphatic heterocycles. The smallest absolute Gasteiger partial charge is 0.321 e. The van der Waals surface area contributed by atoms with E-state index in [1.54, 1.807) is 16.8 Å². The topological polar surface area (TPSA) is 64.7 Å². The van der Waals surface area contributed by atoms with Gasteiger partial charge in [0.25, 0.3) is 0 Å². The lowest BCUT2D eigenvalue weighted by Gasteiger charge is -2.34. The van der Waals surface area contributed by atoms with Crippen LogP contribution in [0.3, 0.4) is 0 Å². The molecule has 1 saturated heterocycles. The van der Waals surface area contributed by atoms with E-state index in [2.05, 4.69) is 10.6 Å². The van der Waals surface area contributed by atoms with Crippen molar-refractivity contribution in [3.05, 3.63) is 29.8 Å². The van der Waals surface area contributed by atoms with Gasteiger partial charge in [0, 0.05) is 38.9 Å². The van der Waals surface area contributed by atoms with Gasteiger partial charge in [0.2, 0.25) is 0 Å². The van der Waals surface area contributed by atoms with E-state index in [9.17, 15) is 9.59 Å². The van der Waals surface area contributed by atoms with Crippen LogP contribution in [0.5, 0.6) is 0 Å². The highest BCUT2D eigenvalue weighted by Crippen LogP contribution is 2.11. The van der Waals surface area contributed by atoms with Crippen LogP contribution in [0.4, 0.5) is 15.3 Å². The van der Waals surface area contributed by atoms with Crippen LogP contribution in [0.1, 0.15) is 5.56 Å². The second-order valence-corrected chi connectivity index (χ2v) is 4.83. The Morgan fingerprint density at radius 3 is 2.20 bits per heavy atom. The van der Waals surface area contributed by atoms with Crippen LogP contribution < -0.4 is 10.6 Å². The van der Waals surface area contributed by atoms with E-state index in [1.807, 2.05) is 31.2 Å². The molecular weight excluding hydrogens is 256 g/mol. The van der Waals surface area contributed by atoms with Crippen LogP contribution in [0.2, 0.25) is 0 Å². The van der Waals surface area contributed by atoms with E-state index in [0.29, 0.717) is 26.2 Å². The van der Waals surface area contributed by atoms with Crippen LogP contribution in [0.25, 0.3) is 0 Å². The standard InChI is InChI=1S/C14H20N4O2/c1-11-4-3-5-12(10-11)16-14(20)18-8-6-17(7-9-18)13(19)15-2/h3-5,10H,6-9H2,1-2H3,(H,15,19)(H,16,20). The number of carbonyl (C=O) groups excluding carboxylic acids is 2. The number of amides is 4. The van der Waals surface area contributed by atoms with E-state index in [4.69, 9.17) is 0 Å². The number of carbonyl (C=O) groups is 2. The van der Waals surface area contributed by atoms with Crippen molar-refractivity contribution in [2.75, 3.05) is 38.5 Å². The van der Waals surface area contributed by atoms with Gasteiger partial charge in [-0.25, -0.2) is 9.59 Å². The summed E-state index contributed by atoms with van der Waals surface area (Å²) in [7, 11) is 1.61. The minimum absolute atomic E-state index is 0.0938. The molecule has 4 amide bonds. The molecule has 1 heterocycles. The molecule has 1 aromatic rings. The quantitative estimate of drug-likeness (QED) is 0.816. The summed E-state index contributed by atoms with van der Waals surface area (Å²) in [5, 5.41) is 5.47. The molecule has 2 N–H and O–H groups in total. The van der Waals surface area contributed by atoms with Crippen molar-refractivity contribution in [2.24, 2.45) is 0 Å². The molecule has 1 aliphatic rings. The van der Waals surface area contributed by atoms with Gasteiger partial charge in [0.1, 0.15) is 0 Å². The maximum atomic E-state index is 12.1. The van der Waals surface area contributed by atoms with Crippen molar-refractivity contribution in [3.8, 4) is 0 Å². The van der Waals surface area contributed by atoms with E-state index in [-0.39, 0.29) is 12.1 Å². The molecule has 1 aromatic carbocycles. The normalized spacial score (nSPS) is 14.9. The molecule has 1 fully saturated rings. The average Bonchev–Trinajstić information content (AvgIpc) is 2.46. The molecule has 2 rings (SSSR count). The Hall–Kier alpha value is -2.24. The molecule has 0 spiro atoms. The minimum atomic E-state index is -0.118. The molecule has 0 saturated carbocycles. The molecule has 0 unspecified atom stereocenters. The van der Waals surface area contributed by atoms with Gasteiger partial charge in [-0.3, -0.25) is 0 Å². The second kappa shape index (κ2) is 6.27. The fourth-order valence-corrected chi connectivity index (χ4v) is 2.20. The van der Waals surface area contributed by atoms with E-state index in [1.165, 1.54) is 0 Å². The third-order valence-electron chi connectivity index (χ3n) is 3.34. The van der Waals surface area contributed by atoms with Crippen molar-refractivity contribution in [3.63, 3.8) is 0 Å². The summed E-state index contributed by atoms with van der Waals surface area (Å²) in [5.41, 5.74) is 1.90. The van der Waals surface area contributed by atoms with E-state index < -0.39 is 0 Å². The van der Waals surface area contributed by atoms with E-state index >= 15 is 0 Å². The van der Waals surface area contributed by atoms with Gasteiger partial charge in [-0.15, -0.1) is 0 Å². The molecule has 0 radical (unpaired) electrons. The van der Waals surface area contributed by atoms with Crippen LogP contribution in [-0.4, -0.2) is 55.1 Å². The summed E-state index contributed by atoms with van der Waals surface area (Å²) in [6, 6.07) is 7.48. The Morgan fingerprint density at radius 1 is 1.05 bits per heavy atom. The number of nitrogens with zero attached hydrogens (tertiary/aromatic N) is 2. The fourth-order valence-electron chi connectivity index (χ4n) is 2.20. The first-order chi connectivity index (χ1) is 9.60. The maximum absolute atomic E-state index is 12.1. The summed E-state index contributed by atoms with van der Waals surface area (Å²) in [6.07, 6.45) is 0. The van der Waals surface area contributed by atoms with Crippen molar-refractivity contribution in [2.45, 2.75) is 6.92 Å². The zero-order valence-electron chi connectivity index (χ0n) is 11.8. The van der Waals surface area contributed by atoms with Gasteiger partial charge < -0.3 is 20.4 Å². The first kappa shape index (κ1) is 14.2. The molecule has 0 aromatic heterocycles. The second-order valence-electron chi connectivity index (χ2n) is 4.83. The Labute approximate surface area is 118 Å². The largest absolute Gasteiger partial charge is 0.341 e. The fraction of sp³-hybridized carbons (Fsp3) is 0.429. The van der Waals surface area contributed by atoms with E-state index in [0.717, 1.165) is 11.3 Å². The first-order valence-corrected chi connectivity index (χ1v) is 6.69. The third kappa shape index (κ3) is 3.40. The number of anilines is 1. The highest BCUT2D eigenvalue weighted by molar-refractivity contribution is 5.89. The monoisotopic (exact) mass is 276 g/mol. The number of aryl methyl sites for hydroxylation is 1. The number of urea groups is 2. The van der Waals surface area contributed by atoms with Gasteiger partial charge in [0.05, 0.1) is 0 Å². The molecule has 0 bridgehead atoms. The lowest BCUT2D eigenvalue weighted by Crippen LogP contribution is -2.53. The third-order valence-corrected chi connectivity index (χ3v) is 3.34. The van der Waals surface area contributed by atoms with Gasteiger partial charge in [0.15, 0.2) is 0 Å². The van der Waals surface area contributed by atoms with Crippen LogP contribution in [-0.2, 0) is 0 Å². The SMILES string of the molecule is CNC(=O)N1CCN(C(=O)Nc2cccc(C)c2)CC1. The number of nitrogens with one attached hydrogen (secondary N) is 2. The first-order valence-electron chi connectivity index (χ1n) is 6.69. The van der Waals surface area contributed by atoms with Crippen molar-refractivity contribution < 1.29 is 9.59 Å². The van der Waals surface area contributed by atoms with Crippen molar-refractivity contribution >= 4 is 17.7 Å². The molecular formula is C14H20N4O2. The zero-order valence-corrected chi connectivity index (χ0v) is 11.8. The predicted octanol–water partition coefficient (Wildman–Crippen LogP) is 1.48. The lowest BCUT2D eigenvalue weighted by atomic mass is 10.2. The van der Waals surface area contributed by atoms with Crippen molar-refractivity contribution in [1.82, 2.24) is 15.1 Å². The Morgan fingerprint density at radius 2 is 1.65 bits per heavy atom. The Bertz CT molecular complexity index is 496. The molecule has 0 atom stereocenters. The van der Waals surface area contributed by atoms with Crippen LogP contribution in [0.15, 0.2) is 24.3 Å². The number of piperazine rings is 1. The predicted molar refractivity (Wildman–Crippen MR) is 77.8 cm³/mol. The Balaban J connectivity index is 1.87. The molecule has 6 heteroatoms. The lowest BCUT2D eigenvalue weighted by molar-refractivity contribution is 0.150. The summed E-state index contributed by atoms with van der Waals surface area (Å²) >= 11 is 0. The number of hydrogen-bond donors (Lipinski definition) is 2. The number of rotatable bonds is 1. The maximum Gasteiger partial charge on any atom is 0.321 e. The van der Waals surface area contributed by atoms with Gasteiger partial charge in [-0.05, 0) is 24.6 Å². The van der Waals surface area contributed by atoms with Gasteiger partial charge in [-0.1, -0.05) is 12.1 Å². The summed E-state index contributed by atoms with van der Waals surface area (Å²) in [6.45, 7) is 4.19. The summed E-state index contributed by atoms with van der Waals surface area (Å²) in [5.74, 6) is 0. The van der Waals surface area contributed by atoms with Crippen LogP contribution in [0, 0.1) is 6.92 Å². The molecule has 6 nitrogen and oxygen atoms in total. The highest BCUT2D eigenvalue weighted by atomic mass is 16.2. The summed E-state index contributed by atoms with van der Waals surface area (Å²) < 4.78 is 0. The van der Waals surface area contributed by atoms with Crippen LogP contribution >= 0.6 is 0 Å². The molecule has 108 valence electrons. The zero-order chi connectivity index (χ0) is 14.5. The molecule has 20 heavy (non-hydrogen) atoms.